The zero-order valence-corrected chi connectivity index (χ0v) is 8.91. The topological polar surface area (TPSA) is 92.5 Å². The number of ether oxygens (including phenoxy) is 1. The molecule has 0 spiro atoms. The second kappa shape index (κ2) is 6.14. The SMILES string of the molecule is CCOC(=O)CC(O)C(O)c1cnccn1. The molecule has 0 aliphatic carbocycles. The van der Waals surface area contributed by atoms with Crippen LogP contribution in [-0.2, 0) is 9.53 Å². The average molecular weight is 226 g/mol. The molecule has 0 aliphatic heterocycles. The van der Waals surface area contributed by atoms with Gasteiger partial charge in [0.2, 0.25) is 0 Å². The van der Waals surface area contributed by atoms with E-state index in [4.69, 9.17) is 0 Å². The molecule has 88 valence electrons. The molecule has 0 saturated carbocycles. The maximum atomic E-state index is 11.1. The highest BCUT2D eigenvalue weighted by Gasteiger charge is 2.23. The number of nitrogens with zero attached hydrogens (tertiary/aromatic N) is 2. The van der Waals surface area contributed by atoms with E-state index in [0.717, 1.165) is 0 Å². The quantitative estimate of drug-likeness (QED) is 0.677. The lowest BCUT2D eigenvalue weighted by Crippen LogP contribution is -2.23. The second-order valence-corrected chi connectivity index (χ2v) is 3.15. The highest BCUT2D eigenvalue weighted by Crippen LogP contribution is 2.15. The summed E-state index contributed by atoms with van der Waals surface area (Å²) in [5.41, 5.74) is 0.222. The van der Waals surface area contributed by atoms with Crippen molar-refractivity contribution in [3.63, 3.8) is 0 Å². The van der Waals surface area contributed by atoms with Crippen LogP contribution in [0.3, 0.4) is 0 Å². The molecule has 1 aromatic heterocycles. The van der Waals surface area contributed by atoms with E-state index in [1.807, 2.05) is 0 Å². The van der Waals surface area contributed by atoms with Crippen molar-refractivity contribution in [2.45, 2.75) is 25.6 Å². The number of aliphatic hydroxyl groups is 2. The van der Waals surface area contributed by atoms with Crippen LogP contribution in [0, 0.1) is 0 Å². The van der Waals surface area contributed by atoms with Crippen LogP contribution < -0.4 is 0 Å². The fourth-order valence-corrected chi connectivity index (χ4v) is 1.16. The van der Waals surface area contributed by atoms with Crippen LogP contribution in [0.25, 0.3) is 0 Å². The Morgan fingerprint density at radius 1 is 1.50 bits per heavy atom. The summed E-state index contributed by atoms with van der Waals surface area (Å²) in [6, 6.07) is 0. The van der Waals surface area contributed by atoms with Gasteiger partial charge < -0.3 is 14.9 Å². The third kappa shape index (κ3) is 3.56. The highest BCUT2D eigenvalue weighted by molar-refractivity contribution is 5.70. The van der Waals surface area contributed by atoms with E-state index in [1.165, 1.54) is 18.6 Å². The van der Waals surface area contributed by atoms with Gasteiger partial charge in [0.05, 0.1) is 31.0 Å². The Labute approximate surface area is 92.9 Å². The van der Waals surface area contributed by atoms with Crippen molar-refractivity contribution in [2.24, 2.45) is 0 Å². The van der Waals surface area contributed by atoms with Crippen molar-refractivity contribution in [3.8, 4) is 0 Å². The Hall–Kier alpha value is -1.53. The van der Waals surface area contributed by atoms with Gasteiger partial charge in [-0.05, 0) is 6.92 Å². The first-order valence-corrected chi connectivity index (χ1v) is 4.92. The molecule has 0 aliphatic rings. The predicted molar refractivity (Wildman–Crippen MR) is 54.2 cm³/mol. The number of hydrogen-bond donors (Lipinski definition) is 2. The van der Waals surface area contributed by atoms with Crippen molar-refractivity contribution in [3.05, 3.63) is 24.3 Å². The Bertz CT molecular complexity index is 331. The fraction of sp³-hybridized carbons (Fsp3) is 0.500. The summed E-state index contributed by atoms with van der Waals surface area (Å²) in [5.74, 6) is -0.557. The zero-order valence-electron chi connectivity index (χ0n) is 8.91. The van der Waals surface area contributed by atoms with Gasteiger partial charge in [-0.15, -0.1) is 0 Å². The molecule has 1 aromatic rings. The third-order valence-electron chi connectivity index (χ3n) is 1.93. The summed E-state index contributed by atoms with van der Waals surface area (Å²) >= 11 is 0. The van der Waals surface area contributed by atoms with Gasteiger partial charge >= 0.3 is 5.97 Å². The Morgan fingerprint density at radius 3 is 2.81 bits per heavy atom. The maximum absolute atomic E-state index is 11.1. The van der Waals surface area contributed by atoms with Crippen LogP contribution in [0.15, 0.2) is 18.6 Å². The standard InChI is InChI=1S/C10H14N2O4/c1-2-16-9(14)5-8(13)10(15)7-6-11-3-4-12-7/h3-4,6,8,10,13,15H,2,5H2,1H3. The lowest BCUT2D eigenvalue weighted by atomic mass is 10.1. The number of hydrogen-bond acceptors (Lipinski definition) is 6. The smallest absolute Gasteiger partial charge is 0.308 e. The van der Waals surface area contributed by atoms with Gasteiger partial charge in [-0.1, -0.05) is 0 Å². The average Bonchev–Trinajstić information content (AvgIpc) is 2.29. The first kappa shape index (κ1) is 12.5. The van der Waals surface area contributed by atoms with Crippen molar-refractivity contribution in [1.82, 2.24) is 9.97 Å². The highest BCUT2D eigenvalue weighted by atomic mass is 16.5. The van der Waals surface area contributed by atoms with Gasteiger partial charge in [-0.2, -0.15) is 0 Å². The number of carbonyl (C=O) groups is 1. The molecule has 0 bridgehead atoms. The zero-order chi connectivity index (χ0) is 12.0. The van der Waals surface area contributed by atoms with Gasteiger partial charge in [0.15, 0.2) is 0 Å². The van der Waals surface area contributed by atoms with Crippen LogP contribution >= 0.6 is 0 Å². The Balaban J connectivity index is 2.54. The number of aliphatic hydroxyl groups excluding tert-OH is 2. The van der Waals surface area contributed by atoms with Crippen molar-refractivity contribution < 1.29 is 19.7 Å². The molecule has 0 amide bonds. The summed E-state index contributed by atoms with van der Waals surface area (Å²) in [4.78, 5) is 18.6. The lowest BCUT2D eigenvalue weighted by Gasteiger charge is -2.15. The van der Waals surface area contributed by atoms with E-state index >= 15 is 0 Å². The Kier molecular flexibility index (Phi) is 4.81. The van der Waals surface area contributed by atoms with Gasteiger partial charge in [-0.25, -0.2) is 0 Å². The van der Waals surface area contributed by atoms with Crippen molar-refractivity contribution in [2.75, 3.05) is 6.61 Å². The van der Waals surface area contributed by atoms with E-state index in [9.17, 15) is 15.0 Å². The van der Waals surface area contributed by atoms with E-state index < -0.39 is 18.2 Å². The number of aromatic nitrogens is 2. The van der Waals surface area contributed by atoms with E-state index in [2.05, 4.69) is 14.7 Å². The molecule has 0 fully saturated rings. The summed E-state index contributed by atoms with van der Waals surface area (Å²) < 4.78 is 4.65. The largest absolute Gasteiger partial charge is 0.466 e. The van der Waals surface area contributed by atoms with Gasteiger partial charge in [0.25, 0.3) is 0 Å². The van der Waals surface area contributed by atoms with Gasteiger partial charge in [-0.3, -0.25) is 14.8 Å². The molecule has 1 heterocycles. The molecule has 0 saturated heterocycles. The monoisotopic (exact) mass is 226 g/mol. The summed E-state index contributed by atoms with van der Waals surface area (Å²) in [6.45, 7) is 1.91. The minimum Gasteiger partial charge on any atom is -0.466 e. The van der Waals surface area contributed by atoms with Crippen LogP contribution in [0.2, 0.25) is 0 Å². The van der Waals surface area contributed by atoms with E-state index in [-0.39, 0.29) is 18.7 Å². The molecule has 1 rings (SSSR count). The van der Waals surface area contributed by atoms with Crippen LogP contribution in [0.5, 0.6) is 0 Å². The lowest BCUT2D eigenvalue weighted by molar-refractivity contribution is -0.147. The minimum absolute atomic E-state index is 0.222. The molecule has 0 aromatic carbocycles. The molecule has 6 heteroatoms. The minimum atomic E-state index is -1.24. The summed E-state index contributed by atoms with van der Waals surface area (Å²) in [6.07, 6.45) is 1.43. The fourth-order valence-electron chi connectivity index (χ4n) is 1.16. The first-order valence-electron chi connectivity index (χ1n) is 4.92. The van der Waals surface area contributed by atoms with Gasteiger partial charge in [0, 0.05) is 12.4 Å². The molecule has 2 N–H and O–H groups in total. The summed E-state index contributed by atoms with van der Waals surface area (Å²) in [7, 11) is 0. The molecule has 2 atom stereocenters. The molecule has 16 heavy (non-hydrogen) atoms. The predicted octanol–water partition coefficient (Wildman–Crippen LogP) is -0.176. The second-order valence-electron chi connectivity index (χ2n) is 3.15. The summed E-state index contributed by atoms with van der Waals surface area (Å²) in [5, 5.41) is 19.2. The molecular weight excluding hydrogens is 212 g/mol. The molecular formula is C10H14N2O4. The first-order chi connectivity index (χ1) is 7.65. The maximum Gasteiger partial charge on any atom is 0.308 e. The van der Waals surface area contributed by atoms with Crippen LogP contribution in [-0.4, -0.2) is 38.9 Å². The number of rotatable bonds is 5. The van der Waals surface area contributed by atoms with Gasteiger partial charge in [0.1, 0.15) is 6.10 Å². The normalized spacial score (nSPS) is 14.2. The van der Waals surface area contributed by atoms with Crippen molar-refractivity contribution in [1.29, 1.82) is 0 Å². The number of carbonyl (C=O) groups excluding carboxylic acids is 1. The Morgan fingerprint density at radius 2 is 2.25 bits per heavy atom. The number of esters is 1. The van der Waals surface area contributed by atoms with Crippen LogP contribution in [0.4, 0.5) is 0 Å². The molecule has 0 radical (unpaired) electrons. The van der Waals surface area contributed by atoms with E-state index in [1.54, 1.807) is 6.92 Å². The third-order valence-corrected chi connectivity index (χ3v) is 1.93. The van der Waals surface area contributed by atoms with Crippen LogP contribution in [0.1, 0.15) is 25.1 Å². The van der Waals surface area contributed by atoms with Crippen molar-refractivity contribution >= 4 is 5.97 Å². The van der Waals surface area contributed by atoms with E-state index in [0.29, 0.717) is 0 Å². The molecule has 6 nitrogen and oxygen atoms in total. The molecule has 2 unspecified atom stereocenters.